The van der Waals surface area contributed by atoms with Gasteiger partial charge in [-0.2, -0.15) is 5.10 Å². The molecule has 2 heterocycles. The van der Waals surface area contributed by atoms with E-state index in [-0.39, 0.29) is 11.8 Å². The lowest BCUT2D eigenvalue weighted by Crippen LogP contribution is -2.40. The Labute approximate surface area is 105 Å². The molecule has 1 amide bonds. The van der Waals surface area contributed by atoms with E-state index in [1.54, 1.807) is 15.8 Å². The molecule has 0 saturated carbocycles. The number of aliphatic carboxylic acids is 1. The number of rotatable bonds is 4. The number of carboxylic acids is 1. The van der Waals surface area contributed by atoms with Gasteiger partial charge in [-0.05, 0) is 18.9 Å². The van der Waals surface area contributed by atoms with E-state index < -0.39 is 5.97 Å². The molecule has 6 heteroatoms. The molecule has 0 radical (unpaired) electrons. The van der Waals surface area contributed by atoms with Crippen molar-refractivity contribution >= 4 is 11.9 Å². The Morgan fingerprint density at radius 3 is 2.61 bits per heavy atom. The van der Waals surface area contributed by atoms with E-state index in [1.807, 2.05) is 12.3 Å². The third-order valence-corrected chi connectivity index (χ3v) is 3.31. The zero-order valence-electron chi connectivity index (χ0n) is 10.2. The molecule has 0 atom stereocenters. The summed E-state index contributed by atoms with van der Waals surface area (Å²) in [6.07, 6.45) is 5.04. The number of amides is 1. The number of hydrogen-bond acceptors (Lipinski definition) is 3. The minimum Gasteiger partial charge on any atom is -0.481 e. The minimum absolute atomic E-state index is 0.0781. The van der Waals surface area contributed by atoms with Gasteiger partial charge in [0.2, 0.25) is 5.91 Å². The lowest BCUT2D eigenvalue weighted by Gasteiger charge is -2.30. The van der Waals surface area contributed by atoms with Gasteiger partial charge in [-0.15, -0.1) is 0 Å². The van der Waals surface area contributed by atoms with E-state index in [4.69, 9.17) is 5.11 Å². The van der Waals surface area contributed by atoms with Crippen molar-refractivity contribution < 1.29 is 14.7 Å². The van der Waals surface area contributed by atoms with Crippen molar-refractivity contribution in [1.82, 2.24) is 14.7 Å². The summed E-state index contributed by atoms with van der Waals surface area (Å²) in [6, 6.07) is 1.82. The highest BCUT2D eigenvalue weighted by atomic mass is 16.4. The van der Waals surface area contributed by atoms with Crippen LogP contribution in [0.3, 0.4) is 0 Å². The number of aryl methyl sites for hydroxylation is 1. The second kappa shape index (κ2) is 5.66. The van der Waals surface area contributed by atoms with Crippen LogP contribution in [0.4, 0.5) is 0 Å². The van der Waals surface area contributed by atoms with Gasteiger partial charge in [0.15, 0.2) is 0 Å². The van der Waals surface area contributed by atoms with Gasteiger partial charge in [-0.25, -0.2) is 0 Å². The molecular weight excluding hydrogens is 234 g/mol. The van der Waals surface area contributed by atoms with Crippen molar-refractivity contribution in [2.24, 2.45) is 5.92 Å². The summed E-state index contributed by atoms with van der Waals surface area (Å²) in [6.45, 7) is 1.68. The van der Waals surface area contributed by atoms with Crippen LogP contribution in [-0.2, 0) is 16.1 Å². The molecule has 0 spiro atoms. The summed E-state index contributed by atoms with van der Waals surface area (Å²) in [5.74, 6) is -0.965. The summed E-state index contributed by atoms with van der Waals surface area (Å²) in [4.78, 5) is 24.5. The normalized spacial score (nSPS) is 16.8. The summed E-state index contributed by atoms with van der Waals surface area (Å²) >= 11 is 0. The van der Waals surface area contributed by atoms with E-state index in [0.29, 0.717) is 38.9 Å². The van der Waals surface area contributed by atoms with Crippen LogP contribution in [0.5, 0.6) is 0 Å². The Hall–Kier alpha value is -1.85. The van der Waals surface area contributed by atoms with Gasteiger partial charge in [0, 0.05) is 38.4 Å². The van der Waals surface area contributed by atoms with Gasteiger partial charge in [0.25, 0.3) is 0 Å². The molecule has 98 valence electrons. The van der Waals surface area contributed by atoms with Gasteiger partial charge in [0.05, 0.1) is 5.92 Å². The standard InChI is InChI=1S/C12H17N3O3/c16-11(4-9-15-6-1-5-13-15)14-7-2-10(3-8-14)12(17)18/h1,5-6,10H,2-4,7-9H2,(H,17,18). The zero-order chi connectivity index (χ0) is 13.0. The molecular formula is C12H17N3O3. The molecule has 0 bridgehead atoms. The van der Waals surface area contributed by atoms with Crippen LogP contribution in [0.25, 0.3) is 0 Å². The first-order valence-corrected chi connectivity index (χ1v) is 6.15. The third kappa shape index (κ3) is 3.09. The predicted octanol–water partition coefficient (Wildman–Crippen LogP) is 0.596. The Morgan fingerprint density at radius 2 is 2.06 bits per heavy atom. The summed E-state index contributed by atoms with van der Waals surface area (Å²) < 4.78 is 1.72. The molecule has 1 fully saturated rings. The van der Waals surface area contributed by atoms with Crippen molar-refractivity contribution in [3.8, 4) is 0 Å². The average Bonchev–Trinajstić information content (AvgIpc) is 2.89. The number of likely N-dealkylation sites (tertiary alicyclic amines) is 1. The smallest absolute Gasteiger partial charge is 0.306 e. The predicted molar refractivity (Wildman–Crippen MR) is 63.8 cm³/mol. The van der Waals surface area contributed by atoms with Crippen LogP contribution in [0.2, 0.25) is 0 Å². The largest absolute Gasteiger partial charge is 0.481 e. The van der Waals surface area contributed by atoms with Crippen molar-refractivity contribution in [3.05, 3.63) is 18.5 Å². The number of piperidine rings is 1. The molecule has 6 nitrogen and oxygen atoms in total. The monoisotopic (exact) mass is 251 g/mol. The molecule has 1 aromatic heterocycles. The van der Waals surface area contributed by atoms with E-state index >= 15 is 0 Å². The first kappa shape index (κ1) is 12.6. The summed E-state index contributed by atoms with van der Waals surface area (Å²) in [5.41, 5.74) is 0. The first-order chi connectivity index (χ1) is 8.66. The van der Waals surface area contributed by atoms with E-state index in [2.05, 4.69) is 5.10 Å². The maximum absolute atomic E-state index is 11.9. The molecule has 1 aliphatic rings. The highest BCUT2D eigenvalue weighted by molar-refractivity contribution is 5.77. The maximum atomic E-state index is 11.9. The molecule has 0 unspecified atom stereocenters. The van der Waals surface area contributed by atoms with Gasteiger partial charge in [-0.1, -0.05) is 0 Å². The second-order valence-corrected chi connectivity index (χ2v) is 4.51. The Bertz CT molecular complexity index is 408. The van der Waals surface area contributed by atoms with Crippen molar-refractivity contribution in [2.45, 2.75) is 25.8 Å². The quantitative estimate of drug-likeness (QED) is 0.850. The Morgan fingerprint density at radius 1 is 1.33 bits per heavy atom. The van der Waals surface area contributed by atoms with E-state index in [0.717, 1.165) is 0 Å². The van der Waals surface area contributed by atoms with Crippen molar-refractivity contribution in [2.75, 3.05) is 13.1 Å². The Balaban J connectivity index is 1.75. The fraction of sp³-hybridized carbons (Fsp3) is 0.583. The van der Waals surface area contributed by atoms with Gasteiger partial charge in [-0.3, -0.25) is 14.3 Å². The summed E-state index contributed by atoms with van der Waals surface area (Å²) in [5, 5.41) is 12.9. The Kier molecular flexibility index (Phi) is 3.96. The summed E-state index contributed by atoms with van der Waals surface area (Å²) in [7, 11) is 0. The van der Waals surface area contributed by atoms with Crippen molar-refractivity contribution in [1.29, 1.82) is 0 Å². The SMILES string of the molecule is O=C(O)C1CCN(C(=O)CCn2cccn2)CC1. The van der Waals surface area contributed by atoms with Gasteiger partial charge >= 0.3 is 5.97 Å². The van der Waals surface area contributed by atoms with Gasteiger partial charge < -0.3 is 10.0 Å². The molecule has 2 rings (SSSR count). The maximum Gasteiger partial charge on any atom is 0.306 e. The molecule has 1 saturated heterocycles. The van der Waals surface area contributed by atoms with Crippen molar-refractivity contribution in [3.63, 3.8) is 0 Å². The molecule has 18 heavy (non-hydrogen) atoms. The lowest BCUT2D eigenvalue weighted by atomic mass is 9.97. The molecule has 1 aromatic rings. The van der Waals surface area contributed by atoms with Crippen LogP contribution in [0.15, 0.2) is 18.5 Å². The number of carbonyl (C=O) groups is 2. The highest BCUT2D eigenvalue weighted by Crippen LogP contribution is 2.17. The molecule has 0 aromatic carbocycles. The second-order valence-electron chi connectivity index (χ2n) is 4.51. The number of aromatic nitrogens is 2. The minimum atomic E-state index is -0.751. The van der Waals surface area contributed by atoms with Gasteiger partial charge in [0.1, 0.15) is 0 Å². The first-order valence-electron chi connectivity index (χ1n) is 6.15. The average molecular weight is 251 g/mol. The molecule has 0 aliphatic carbocycles. The number of carboxylic acid groups (broad SMARTS) is 1. The third-order valence-electron chi connectivity index (χ3n) is 3.31. The number of nitrogens with zero attached hydrogens (tertiary/aromatic N) is 3. The lowest BCUT2D eigenvalue weighted by molar-refractivity contribution is -0.145. The van der Waals surface area contributed by atoms with E-state index in [1.165, 1.54) is 0 Å². The molecule has 1 N–H and O–H groups in total. The number of hydrogen-bond donors (Lipinski definition) is 1. The van der Waals surface area contributed by atoms with Crippen LogP contribution >= 0.6 is 0 Å². The van der Waals surface area contributed by atoms with Crippen LogP contribution in [0.1, 0.15) is 19.3 Å². The van der Waals surface area contributed by atoms with Crippen LogP contribution in [-0.4, -0.2) is 44.8 Å². The topological polar surface area (TPSA) is 75.4 Å². The highest BCUT2D eigenvalue weighted by Gasteiger charge is 2.26. The van der Waals surface area contributed by atoms with Crippen LogP contribution < -0.4 is 0 Å². The number of carbonyl (C=O) groups excluding carboxylic acids is 1. The van der Waals surface area contributed by atoms with E-state index in [9.17, 15) is 9.59 Å². The molecule has 1 aliphatic heterocycles. The fourth-order valence-electron chi connectivity index (χ4n) is 2.18. The van der Waals surface area contributed by atoms with Crippen LogP contribution in [0, 0.1) is 5.92 Å². The zero-order valence-corrected chi connectivity index (χ0v) is 10.2. The fourth-order valence-corrected chi connectivity index (χ4v) is 2.18.